The second-order valence-corrected chi connectivity index (χ2v) is 7.91. The van der Waals surface area contributed by atoms with Gasteiger partial charge in [0.2, 0.25) is 5.89 Å². The van der Waals surface area contributed by atoms with Crippen LogP contribution in [-0.4, -0.2) is 21.1 Å². The molecule has 0 atom stereocenters. The maximum Gasteiger partial charge on any atom is 0.257 e. The molecule has 4 rings (SSSR count). The number of halogens is 1. The van der Waals surface area contributed by atoms with Crippen LogP contribution < -0.4 is 10.6 Å². The summed E-state index contributed by atoms with van der Waals surface area (Å²) in [6, 6.07) is 15.1. The van der Waals surface area contributed by atoms with Crippen LogP contribution in [0.25, 0.3) is 22.6 Å². The van der Waals surface area contributed by atoms with Crippen LogP contribution in [0, 0.1) is 13.8 Å². The lowest BCUT2D eigenvalue weighted by molar-refractivity contribution is 0.0977. The number of hydrogen-bond donors (Lipinski definition) is 3. The number of amides is 1. The summed E-state index contributed by atoms with van der Waals surface area (Å²) in [7, 11) is 0. The summed E-state index contributed by atoms with van der Waals surface area (Å²) in [5, 5.41) is 16.5. The van der Waals surface area contributed by atoms with Crippen LogP contribution in [0.2, 0.25) is 5.02 Å². The van der Waals surface area contributed by atoms with Crippen LogP contribution >= 0.6 is 23.8 Å². The van der Waals surface area contributed by atoms with Crippen molar-refractivity contribution >= 4 is 51.6 Å². The van der Waals surface area contributed by atoms with Crippen molar-refractivity contribution in [2.75, 3.05) is 5.32 Å². The highest BCUT2D eigenvalue weighted by atomic mass is 35.5. The molecule has 31 heavy (non-hydrogen) atoms. The molecule has 1 amide bonds. The van der Waals surface area contributed by atoms with Crippen molar-refractivity contribution in [3.05, 3.63) is 76.3 Å². The molecule has 0 aliphatic heterocycles. The highest BCUT2D eigenvalue weighted by molar-refractivity contribution is 7.80. The summed E-state index contributed by atoms with van der Waals surface area (Å²) >= 11 is 11.1. The summed E-state index contributed by atoms with van der Waals surface area (Å²) in [6.45, 7) is 4.00. The molecule has 4 aromatic rings. The predicted molar refractivity (Wildman–Crippen MR) is 126 cm³/mol. The number of phenols is 1. The molecule has 0 spiro atoms. The predicted octanol–water partition coefficient (Wildman–Crippen LogP) is 5.60. The lowest BCUT2D eigenvalue weighted by Gasteiger charge is -2.11. The highest BCUT2D eigenvalue weighted by Gasteiger charge is 2.15. The van der Waals surface area contributed by atoms with E-state index < -0.39 is 0 Å². The van der Waals surface area contributed by atoms with E-state index in [1.54, 1.807) is 36.4 Å². The van der Waals surface area contributed by atoms with Crippen molar-refractivity contribution in [3.63, 3.8) is 0 Å². The Labute approximate surface area is 188 Å². The summed E-state index contributed by atoms with van der Waals surface area (Å²) in [6.07, 6.45) is 0. The van der Waals surface area contributed by atoms with E-state index in [0.29, 0.717) is 32.9 Å². The maximum atomic E-state index is 12.3. The van der Waals surface area contributed by atoms with E-state index in [2.05, 4.69) is 15.6 Å². The number of thiocarbonyl (C=S) groups is 1. The average Bonchev–Trinajstić information content (AvgIpc) is 3.12. The molecule has 1 aromatic heterocycles. The smallest absolute Gasteiger partial charge is 0.257 e. The topological polar surface area (TPSA) is 87.4 Å². The summed E-state index contributed by atoms with van der Waals surface area (Å²) in [5.74, 6) is -0.0585. The highest BCUT2D eigenvalue weighted by Crippen LogP contribution is 2.34. The SMILES string of the molecule is Cc1cc2nc(-c3cc(NC(=S)NC(=O)c4ccc(Cl)cc4)ccc3O)oc2cc1C. The molecule has 3 N–H and O–H groups in total. The van der Waals surface area contributed by atoms with Gasteiger partial charge in [0, 0.05) is 16.3 Å². The molecular weight excluding hydrogens is 434 g/mol. The fourth-order valence-electron chi connectivity index (χ4n) is 3.02. The van der Waals surface area contributed by atoms with Gasteiger partial charge in [0.1, 0.15) is 11.3 Å². The number of nitrogens with zero attached hydrogens (tertiary/aromatic N) is 1. The van der Waals surface area contributed by atoms with Gasteiger partial charge in [-0.2, -0.15) is 0 Å². The Morgan fingerprint density at radius 1 is 1.06 bits per heavy atom. The monoisotopic (exact) mass is 451 g/mol. The fraction of sp³-hybridized carbons (Fsp3) is 0.0870. The minimum absolute atomic E-state index is 0.0154. The minimum Gasteiger partial charge on any atom is -0.507 e. The number of hydrogen-bond acceptors (Lipinski definition) is 5. The molecule has 8 heteroatoms. The van der Waals surface area contributed by atoms with Gasteiger partial charge in [0.25, 0.3) is 5.91 Å². The Hall–Kier alpha value is -3.42. The van der Waals surface area contributed by atoms with Gasteiger partial charge in [-0.25, -0.2) is 4.98 Å². The van der Waals surface area contributed by atoms with E-state index in [0.717, 1.165) is 11.1 Å². The zero-order valence-corrected chi connectivity index (χ0v) is 18.3. The maximum absolute atomic E-state index is 12.3. The molecule has 156 valence electrons. The van der Waals surface area contributed by atoms with Crippen molar-refractivity contribution in [2.45, 2.75) is 13.8 Å². The van der Waals surface area contributed by atoms with Gasteiger partial charge in [-0.1, -0.05) is 11.6 Å². The molecule has 0 unspecified atom stereocenters. The van der Waals surface area contributed by atoms with Gasteiger partial charge in [0.15, 0.2) is 10.7 Å². The summed E-state index contributed by atoms with van der Waals surface area (Å²) in [5.41, 5.74) is 4.94. The molecular formula is C23H18ClN3O3S. The molecule has 0 saturated heterocycles. The molecule has 0 radical (unpaired) electrons. The second kappa shape index (κ2) is 8.37. The number of aromatic nitrogens is 1. The number of phenolic OH excluding ortho intramolecular Hbond substituents is 1. The van der Waals surface area contributed by atoms with Crippen molar-refractivity contribution in [2.24, 2.45) is 0 Å². The van der Waals surface area contributed by atoms with E-state index >= 15 is 0 Å². The first-order valence-electron chi connectivity index (χ1n) is 9.39. The molecule has 0 fully saturated rings. The van der Waals surface area contributed by atoms with E-state index in [-0.39, 0.29) is 22.7 Å². The standard InChI is InChI=1S/C23H18ClN3O3S/c1-12-9-18-20(10-13(12)2)30-22(26-18)17-11-16(7-8-19(17)28)25-23(31)27-21(29)14-3-5-15(24)6-4-14/h3-11,28H,1-2H3,(H2,25,27,29,31). The van der Waals surface area contributed by atoms with Gasteiger partial charge >= 0.3 is 0 Å². The second-order valence-electron chi connectivity index (χ2n) is 7.07. The number of fused-ring (bicyclic) bond motifs is 1. The Morgan fingerprint density at radius 3 is 2.52 bits per heavy atom. The number of oxazole rings is 1. The Kier molecular flexibility index (Phi) is 5.63. The first-order chi connectivity index (χ1) is 14.8. The normalized spacial score (nSPS) is 10.8. The zero-order chi connectivity index (χ0) is 22.1. The molecule has 0 aliphatic carbocycles. The van der Waals surface area contributed by atoms with Gasteiger partial charge in [-0.05, 0) is 91.8 Å². The summed E-state index contributed by atoms with van der Waals surface area (Å²) < 4.78 is 5.85. The Morgan fingerprint density at radius 2 is 1.77 bits per heavy atom. The van der Waals surface area contributed by atoms with Gasteiger partial charge in [0.05, 0.1) is 5.56 Å². The lowest BCUT2D eigenvalue weighted by Crippen LogP contribution is -2.34. The number of nitrogens with one attached hydrogen (secondary N) is 2. The van der Waals surface area contributed by atoms with Crippen molar-refractivity contribution in [1.82, 2.24) is 10.3 Å². The third-order valence-corrected chi connectivity index (χ3v) is 5.28. The number of rotatable bonds is 3. The van der Waals surface area contributed by atoms with Crippen molar-refractivity contribution < 1.29 is 14.3 Å². The molecule has 1 heterocycles. The van der Waals surface area contributed by atoms with Crippen LogP contribution in [0.5, 0.6) is 5.75 Å². The first kappa shape index (κ1) is 20.8. The number of benzene rings is 3. The van der Waals surface area contributed by atoms with E-state index in [1.807, 2.05) is 26.0 Å². The van der Waals surface area contributed by atoms with Crippen molar-refractivity contribution in [3.8, 4) is 17.2 Å². The van der Waals surface area contributed by atoms with E-state index in [9.17, 15) is 9.90 Å². The largest absolute Gasteiger partial charge is 0.507 e. The first-order valence-corrected chi connectivity index (χ1v) is 10.2. The van der Waals surface area contributed by atoms with Gasteiger partial charge in [-0.15, -0.1) is 0 Å². The van der Waals surface area contributed by atoms with Crippen LogP contribution in [0.1, 0.15) is 21.5 Å². The Bertz CT molecular complexity index is 1280. The number of carbonyl (C=O) groups is 1. The van der Waals surface area contributed by atoms with Gasteiger partial charge in [-0.3, -0.25) is 10.1 Å². The van der Waals surface area contributed by atoms with E-state index in [4.69, 9.17) is 28.2 Å². The summed E-state index contributed by atoms with van der Waals surface area (Å²) in [4.78, 5) is 16.8. The molecule has 3 aromatic carbocycles. The molecule has 6 nitrogen and oxygen atoms in total. The van der Waals surface area contributed by atoms with Crippen LogP contribution in [-0.2, 0) is 0 Å². The third-order valence-electron chi connectivity index (χ3n) is 4.82. The van der Waals surface area contributed by atoms with Crippen molar-refractivity contribution in [1.29, 1.82) is 0 Å². The van der Waals surface area contributed by atoms with Crippen LogP contribution in [0.3, 0.4) is 0 Å². The average molecular weight is 452 g/mol. The third kappa shape index (κ3) is 4.52. The molecule has 0 bridgehead atoms. The van der Waals surface area contributed by atoms with Crippen LogP contribution in [0.15, 0.2) is 59.0 Å². The molecule has 0 saturated carbocycles. The number of aryl methyl sites for hydroxylation is 2. The van der Waals surface area contributed by atoms with E-state index in [1.165, 1.54) is 6.07 Å². The number of anilines is 1. The quantitative estimate of drug-likeness (QED) is 0.277. The molecule has 0 aliphatic rings. The number of carbonyl (C=O) groups excluding carboxylic acids is 1. The minimum atomic E-state index is -0.363. The Balaban J connectivity index is 1.54. The fourth-order valence-corrected chi connectivity index (χ4v) is 3.36. The van der Waals surface area contributed by atoms with Crippen LogP contribution in [0.4, 0.5) is 5.69 Å². The van der Waals surface area contributed by atoms with Gasteiger partial charge < -0.3 is 14.8 Å². The number of aromatic hydroxyl groups is 1. The zero-order valence-electron chi connectivity index (χ0n) is 16.7. The lowest BCUT2D eigenvalue weighted by atomic mass is 10.1.